The van der Waals surface area contributed by atoms with Gasteiger partial charge in [-0.2, -0.15) is 0 Å². The molecule has 0 atom stereocenters. The lowest BCUT2D eigenvalue weighted by Gasteiger charge is -2.21. The second kappa shape index (κ2) is 6.18. The maximum Gasteiger partial charge on any atom is 0.248 e. The Bertz CT molecular complexity index is 555. The van der Waals surface area contributed by atoms with Gasteiger partial charge < -0.3 is 9.73 Å². The van der Waals surface area contributed by atoms with Crippen molar-refractivity contribution in [1.29, 1.82) is 0 Å². The molecule has 0 spiro atoms. The number of aromatic nitrogens is 2. The predicted octanol–water partition coefficient (Wildman–Crippen LogP) is 3.53. The molecule has 1 heterocycles. The van der Waals surface area contributed by atoms with Crippen LogP contribution in [-0.2, 0) is 12.0 Å². The van der Waals surface area contributed by atoms with Crippen LogP contribution >= 0.6 is 0 Å². The zero-order chi connectivity index (χ0) is 14.6. The van der Waals surface area contributed by atoms with E-state index in [1.165, 1.54) is 5.56 Å². The number of hydrogen-bond acceptors (Lipinski definition) is 4. The van der Waals surface area contributed by atoms with Crippen molar-refractivity contribution < 1.29 is 4.42 Å². The number of nitrogens with zero attached hydrogens (tertiary/aromatic N) is 2. The van der Waals surface area contributed by atoms with Crippen LogP contribution in [0.15, 0.2) is 28.7 Å². The first-order chi connectivity index (χ1) is 9.52. The average molecular weight is 273 g/mol. The van der Waals surface area contributed by atoms with Gasteiger partial charge >= 0.3 is 0 Å². The minimum atomic E-state index is 0.0473. The maximum absolute atomic E-state index is 5.77. The Labute approximate surface area is 120 Å². The van der Waals surface area contributed by atoms with Crippen LogP contribution in [0.2, 0.25) is 0 Å². The predicted molar refractivity (Wildman–Crippen MR) is 80.4 cm³/mol. The number of hydrogen-bond donors (Lipinski definition) is 1. The fraction of sp³-hybridized carbons (Fsp3) is 0.500. The first kappa shape index (κ1) is 14.7. The van der Waals surface area contributed by atoms with E-state index < -0.39 is 0 Å². The number of rotatable bonds is 5. The van der Waals surface area contributed by atoms with Gasteiger partial charge in [-0.3, -0.25) is 0 Å². The Hall–Kier alpha value is -1.68. The van der Waals surface area contributed by atoms with Gasteiger partial charge in [-0.25, -0.2) is 0 Å². The molecule has 0 aliphatic heterocycles. The van der Waals surface area contributed by atoms with Gasteiger partial charge in [0.15, 0.2) is 0 Å². The molecule has 4 heteroatoms. The molecular weight excluding hydrogens is 250 g/mol. The molecule has 0 amide bonds. The second-order valence-corrected chi connectivity index (χ2v) is 5.97. The highest BCUT2D eigenvalue weighted by molar-refractivity contribution is 5.60. The van der Waals surface area contributed by atoms with Crippen molar-refractivity contribution in [3.63, 3.8) is 0 Å². The molecule has 0 saturated carbocycles. The summed E-state index contributed by atoms with van der Waals surface area (Å²) < 4.78 is 5.77. The van der Waals surface area contributed by atoms with Gasteiger partial charge in [0, 0.05) is 5.56 Å². The van der Waals surface area contributed by atoms with Gasteiger partial charge in [-0.1, -0.05) is 45.9 Å². The minimum Gasteiger partial charge on any atom is -0.419 e. The average Bonchev–Trinajstić information content (AvgIpc) is 2.87. The zero-order valence-corrected chi connectivity index (χ0v) is 12.7. The summed E-state index contributed by atoms with van der Waals surface area (Å²) in [7, 11) is 0. The van der Waals surface area contributed by atoms with Crippen LogP contribution in [0.4, 0.5) is 0 Å². The lowest BCUT2D eigenvalue weighted by molar-refractivity contribution is 0.475. The molecule has 2 aromatic rings. The van der Waals surface area contributed by atoms with E-state index in [4.69, 9.17) is 4.42 Å². The molecule has 0 radical (unpaired) electrons. The third kappa shape index (κ3) is 3.45. The summed E-state index contributed by atoms with van der Waals surface area (Å²) in [5, 5.41) is 11.6. The van der Waals surface area contributed by atoms with Crippen molar-refractivity contribution in [2.24, 2.45) is 0 Å². The molecular formula is C16H23N3O. The largest absolute Gasteiger partial charge is 0.419 e. The van der Waals surface area contributed by atoms with Crippen LogP contribution < -0.4 is 5.32 Å². The number of benzene rings is 1. The highest BCUT2D eigenvalue weighted by Crippen LogP contribution is 2.31. The van der Waals surface area contributed by atoms with Crippen molar-refractivity contribution in [1.82, 2.24) is 15.5 Å². The molecule has 0 saturated heterocycles. The third-order valence-electron chi connectivity index (χ3n) is 3.14. The molecule has 0 aliphatic carbocycles. The Morgan fingerprint density at radius 2 is 1.90 bits per heavy atom. The van der Waals surface area contributed by atoms with Crippen molar-refractivity contribution >= 4 is 0 Å². The van der Waals surface area contributed by atoms with Gasteiger partial charge in [0.05, 0.1) is 6.54 Å². The molecule has 0 bridgehead atoms. The molecule has 1 N–H and O–H groups in total. The summed E-state index contributed by atoms with van der Waals surface area (Å²) in [4.78, 5) is 0. The summed E-state index contributed by atoms with van der Waals surface area (Å²) in [6.07, 6.45) is 1.09. The van der Waals surface area contributed by atoms with E-state index in [2.05, 4.69) is 49.3 Å². The summed E-state index contributed by atoms with van der Waals surface area (Å²) in [6, 6.07) is 8.21. The molecule has 0 aliphatic rings. The smallest absolute Gasteiger partial charge is 0.248 e. The maximum atomic E-state index is 5.77. The molecule has 4 nitrogen and oxygen atoms in total. The molecule has 0 fully saturated rings. The molecule has 0 unspecified atom stereocenters. The Balaban J connectivity index is 2.24. The van der Waals surface area contributed by atoms with Gasteiger partial charge in [0.2, 0.25) is 11.8 Å². The lowest BCUT2D eigenvalue weighted by atomic mass is 9.84. The van der Waals surface area contributed by atoms with E-state index in [1.54, 1.807) is 0 Å². The summed E-state index contributed by atoms with van der Waals surface area (Å²) in [5.41, 5.74) is 2.29. The summed E-state index contributed by atoms with van der Waals surface area (Å²) >= 11 is 0. The molecule has 20 heavy (non-hydrogen) atoms. The third-order valence-corrected chi connectivity index (χ3v) is 3.14. The normalized spacial score (nSPS) is 11.8. The summed E-state index contributed by atoms with van der Waals surface area (Å²) in [5.74, 6) is 1.24. The van der Waals surface area contributed by atoms with Gasteiger partial charge in [0.1, 0.15) is 0 Å². The van der Waals surface area contributed by atoms with Crippen molar-refractivity contribution in [3.8, 4) is 11.5 Å². The fourth-order valence-corrected chi connectivity index (χ4v) is 2.13. The van der Waals surface area contributed by atoms with Crippen LogP contribution in [-0.4, -0.2) is 16.7 Å². The Morgan fingerprint density at radius 3 is 2.60 bits per heavy atom. The van der Waals surface area contributed by atoms with E-state index >= 15 is 0 Å². The van der Waals surface area contributed by atoms with Gasteiger partial charge in [-0.05, 0) is 30.0 Å². The van der Waals surface area contributed by atoms with E-state index in [0.29, 0.717) is 18.3 Å². The van der Waals surface area contributed by atoms with E-state index in [9.17, 15) is 0 Å². The SMILES string of the molecule is CCCNCc1nnc(-c2ccccc2C(C)(C)C)o1. The lowest BCUT2D eigenvalue weighted by Crippen LogP contribution is -2.13. The Kier molecular flexibility index (Phi) is 4.55. The van der Waals surface area contributed by atoms with Crippen LogP contribution in [0.5, 0.6) is 0 Å². The fourth-order valence-electron chi connectivity index (χ4n) is 2.13. The molecule has 2 rings (SSSR count). The number of nitrogens with one attached hydrogen (secondary N) is 1. The molecule has 1 aromatic heterocycles. The molecule has 1 aromatic carbocycles. The van der Waals surface area contributed by atoms with Gasteiger partial charge in [0.25, 0.3) is 0 Å². The van der Waals surface area contributed by atoms with Crippen LogP contribution in [0.1, 0.15) is 45.6 Å². The van der Waals surface area contributed by atoms with Crippen molar-refractivity contribution in [2.45, 2.75) is 46.1 Å². The first-order valence-electron chi connectivity index (χ1n) is 7.15. The summed E-state index contributed by atoms with van der Waals surface area (Å²) in [6.45, 7) is 10.3. The van der Waals surface area contributed by atoms with Crippen LogP contribution in [0, 0.1) is 0 Å². The van der Waals surface area contributed by atoms with Gasteiger partial charge in [-0.15, -0.1) is 10.2 Å². The van der Waals surface area contributed by atoms with Crippen molar-refractivity contribution in [3.05, 3.63) is 35.7 Å². The highest BCUT2D eigenvalue weighted by Gasteiger charge is 2.21. The zero-order valence-electron chi connectivity index (χ0n) is 12.7. The minimum absolute atomic E-state index is 0.0473. The second-order valence-electron chi connectivity index (χ2n) is 5.97. The van der Waals surface area contributed by atoms with E-state index in [1.807, 2.05) is 18.2 Å². The van der Waals surface area contributed by atoms with Crippen LogP contribution in [0.25, 0.3) is 11.5 Å². The van der Waals surface area contributed by atoms with Crippen LogP contribution in [0.3, 0.4) is 0 Å². The van der Waals surface area contributed by atoms with E-state index in [-0.39, 0.29) is 5.41 Å². The monoisotopic (exact) mass is 273 g/mol. The van der Waals surface area contributed by atoms with Crippen molar-refractivity contribution in [2.75, 3.05) is 6.54 Å². The quantitative estimate of drug-likeness (QED) is 0.847. The standard InChI is InChI=1S/C16H23N3O/c1-5-10-17-11-14-18-19-15(20-14)12-8-6-7-9-13(12)16(2,3)4/h6-9,17H,5,10-11H2,1-4H3. The first-order valence-corrected chi connectivity index (χ1v) is 7.15. The molecule has 108 valence electrons. The highest BCUT2D eigenvalue weighted by atomic mass is 16.4. The topological polar surface area (TPSA) is 51.0 Å². The Morgan fingerprint density at radius 1 is 1.15 bits per heavy atom. The van der Waals surface area contributed by atoms with E-state index in [0.717, 1.165) is 18.5 Å².